The Labute approximate surface area is 128 Å². The molecule has 2 heterocycles. The number of esters is 1. The van der Waals surface area contributed by atoms with Gasteiger partial charge in [-0.25, -0.2) is 4.79 Å². The predicted octanol–water partition coefficient (Wildman–Crippen LogP) is 2.25. The van der Waals surface area contributed by atoms with Crippen LogP contribution >= 0.6 is 11.3 Å². The van der Waals surface area contributed by atoms with E-state index in [0.717, 1.165) is 19.3 Å². The van der Waals surface area contributed by atoms with E-state index in [9.17, 15) is 9.59 Å². The molecule has 1 aliphatic carbocycles. The zero-order valence-electron chi connectivity index (χ0n) is 12.1. The maximum absolute atomic E-state index is 12.1. The molecule has 1 saturated carbocycles. The molecule has 2 N–H and O–H groups in total. The Balaban J connectivity index is 1.48. The molecule has 1 aromatic rings. The highest BCUT2D eigenvalue weighted by Gasteiger charge is 2.46. The zero-order chi connectivity index (χ0) is 15.0. The molecule has 2 aliphatic rings. The first-order chi connectivity index (χ1) is 10.1. The van der Waals surface area contributed by atoms with Crippen molar-refractivity contribution < 1.29 is 14.3 Å². The lowest BCUT2D eigenvalue weighted by atomic mass is 10.2. The van der Waals surface area contributed by atoms with Gasteiger partial charge in [-0.05, 0) is 38.3 Å². The lowest BCUT2D eigenvalue weighted by Crippen LogP contribution is -2.42. The van der Waals surface area contributed by atoms with Crippen LogP contribution in [-0.2, 0) is 9.53 Å². The molecule has 0 aromatic carbocycles. The number of likely N-dealkylation sites (tertiary alicyclic amines) is 1. The molecular weight excluding hydrogens is 288 g/mol. The Morgan fingerprint density at radius 2 is 2.29 bits per heavy atom. The van der Waals surface area contributed by atoms with Crippen LogP contribution in [0.2, 0.25) is 0 Å². The van der Waals surface area contributed by atoms with E-state index in [-0.39, 0.29) is 24.5 Å². The summed E-state index contributed by atoms with van der Waals surface area (Å²) in [6.07, 6.45) is 2.66. The molecule has 114 valence electrons. The molecule has 2 fully saturated rings. The van der Waals surface area contributed by atoms with Crippen LogP contribution in [0.15, 0.2) is 12.1 Å². The third kappa shape index (κ3) is 3.05. The molecule has 21 heavy (non-hydrogen) atoms. The third-order valence-electron chi connectivity index (χ3n) is 4.30. The van der Waals surface area contributed by atoms with Crippen LogP contribution in [0.3, 0.4) is 0 Å². The number of ether oxygens (including phenoxy) is 1. The van der Waals surface area contributed by atoms with Crippen molar-refractivity contribution in [3.63, 3.8) is 0 Å². The molecule has 1 saturated heterocycles. The number of hydrogen-bond donors (Lipinski definition) is 1. The minimum Gasteiger partial charge on any atom is -0.463 e. The number of urea groups is 1. The van der Waals surface area contributed by atoms with Crippen LogP contribution < -0.4 is 5.73 Å². The van der Waals surface area contributed by atoms with Crippen molar-refractivity contribution in [1.82, 2.24) is 4.90 Å². The Morgan fingerprint density at radius 1 is 1.48 bits per heavy atom. The zero-order valence-corrected chi connectivity index (χ0v) is 12.9. The fourth-order valence-electron chi connectivity index (χ4n) is 3.01. The third-order valence-corrected chi connectivity index (χ3v) is 5.43. The normalized spacial score (nSPS) is 27.7. The quantitative estimate of drug-likeness (QED) is 0.867. The van der Waals surface area contributed by atoms with Crippen molar-refractivity contribution in [2.24, 2.45) is 11.7 Å². The highest BCUT2D eigenvalue weighted by molar-refractivity contribution is 7.12. The molecule has 1 aromatic heterocycles. The average molecular weight is 308 g/mol. The highest BCUT2D eigenvalue weighted by atomic mass is 32.1. The molecule has 0 spiro atoms. The van der Waals surface area contributed by atoms with Gasteiger partial charge in [-0.2, -0.15) is 0 Å². The number of nitrogens with two attached hydrogens (primary N) is 1. The number of thiophene rings is 1. The van der Waals surface area contributed by atoms with E-state index < -0.39 is 6.03 Å². The van der Waals surface area contributed by atoms with Crippen LogP contribution in [0.25, 0.3) is 0 Å². The standard InChI is InChI=1S/C15H20N2O3S/c1-9-4-5-13(21-9)11-7-12(11)14(18)20-8-10-3-2-6-17(10)15(16)19/h4-5,10-12H,2-3,6-8H2,1H3,(H2,16,19)/t10-,11-,12+/m1/s1. The largest absolute Gasteiger partial charge is 0.463 e. The molecule has 1 aliphatic heterocycles. The maximum atomic E-state index is 12.1. The first-order valence-electron chi connectivity index (χ1n) is 7.35. The summed E-state index contributed by atoms with van der Waals surface area (Å²) in [5.74, 6) is 0.181. The second-order valence-electron chi connectivity index (χ2n) is 5.85. The summed E-state index contributed by atoms with van der Waals surface area (Å²) >= 11 is 1.75. The van der Waals surface area contributed by atoms with Gasteiger partial charge in [0.15, 0.2) is 0 Å². The van der Waals surface area contributed by atoms with E-state index in [4.69, 9.17) is 10.5 Å². The maximum Gasteiger partial charge on any atom is 0.315 e. The first-order valence-corrected chi connectivity index (χ1v) is 8.17. The Kier molecular flexibility index (Phi) is 3.89. The van der Waals surface area contributed by atoms with Crippen molar-refractivity contribution >= 4 is 23.3 Å². The molecule has 2 amide bonds. The molecular formula is C15H20N2O3S. The van der Waals surface area contributed by atoms with Gasteiger partial charge >= 0.3 is 12.0 Å². The van der Waals surface area contributed by atoms with Gasteiger partial charge < -0.3 is 15.4 Å². The summed E-state index contributed by atoms with van der Waals surface area (Å²) < 4.78 is 5.41. The van der Waals surface area contributed by atoms with E-state index in [0.29, 0.717) is 12.5 Å². The van der Waals surface area contributed by atoms with Crippen molar-refractivity contribution in [2.45, 2.75) is 38.1 Å². The number of aryl methyl sites for hydroxylation is 1. The summed E-state index contributed by atoms with van der Waals surface area (Å²) in [5.41, 5.74) is 5.31. The molecule has 0 bridgehead atoms. The smallest absolute Gasteiger partial charge is 0.315 e. The van der Waals surface area contributed by atoms with E-state index in [2.05, 4.69) is 19.1 Å². The van der Waals surface area contributed by atoms with Gasteiger partial charge in [0.1, 0.15) is 6.61 Å². The topological polar surface area (TPSA) is 72.6 Å². The van der Waals surface area contributed by atoms with Gasteiger partial charge in [0.2, 0.25) is 0 Å². The van der Waals surface area contributed by atoms with Crippen molar-refractivity contribution in [2.75, 3.05) is 13.2 Å². The van der Waals surface area contributed by atoms with Crippen LogP contribution in [0.5, 0.6) is 0 Å². The number of hydrogen-bond acceptors (Lipinski definition) is 4. The minimum absolute atomic E-state index is 0.00789. The monoisotopic (exact) mass is 308 g/mol. The Hall–Kier alpha value is -1.56. The lowest BCUT2D eigenvalue weighted by molar-refractivity contribution is -0.146. The number of amides is 2. The molecule has 0 unspecified atom stereocenters. The van der Waals surface area contributed by atoms with Crippen LogP contribution in [0, 0.1) is 12.8 Å². The Bertz CT molecular complexity index is 557. The molecule has 6 heteroatoms. The summed E-state index contributed by atoms with van der Waals surface area (Å²) in [6, 6.07) is 3.72. The summed E-state index contributed by atoms with van der Waals surface area (Å²) in [5, 5.41) is 0. The molecule has 5 nitrogen and oxygen atoms in total. The van der Waals surface area contributed by atoms with Gasteiger partial charge in [0.05, 0.1) is 12.0 Å². The van der Waals surface area contributed by atoms with Crippen molar-refractivity contribution in [3.05, 3.63) is 21.9 Å². The predicted molar refractivity (Wildman–Crippen MR) is 80.2 cm³/mol. The molecule has 0 radical (unpaired) electrons. The van der Waals surface area contributed by atoms with Crippen LogP contribution in [0.1, 0.15) is 34.9 Å². The molecule has 3 rings (SSSR count). The van der Waals surface area contributed by atoms with Gasteiger partial charge in [-0.15, -0.1) is 11.3 Å². The minimum atomic E-state index is -0.424. The molecule has 3 atom stereocenters. The summed E-state index contributed by atoms with van der Waals surface area (Å²) in [7, 11) is 0. The van der Waals surface area contributed by atoms with Crippen molar-refractivity contribution in [3.8, 4) is 0 Å². The van der Waals surface area contributed by atoms with Gasteiger partial charge in [-0.3, -0.25) is 4.79 Å². The van der Waals surface area contributed by atoms with Gasteiger partial charge in [0, 0.05) is 22.2 Å². The number of carbonyl (C=O) groups is 2. The van der Waals surface area contributed by atoms with E-state index in [1.165, 1.54) is 9.75 Å². The van der Waals surface area contributed by atoms with Gasteiger partial charge in [-0.1, -0.05) is 0 Å². The second kappa shape index (κ2) is 5.67. The fraction of sp³-hybridized carbons (Fsp3) is 0.600. The van der Waals surface area contributed by atoms with Gasteiger partial charge in [0.25, 0.3) is 0 Å². The van der Waals surface area contributed by atoms with E-state index in [1.807, 2.05) is 0 Å². The number of nitrogens with zero attached hydrogens (tertiary/aromatic N) is 1. The number of rotatable bonds is 4. The fourth-order valence-corrected chi connectivity index (χ4v) is 4.06. The van der Waals surface area contributed by atoms with E-state index in [1.54, 1.807) is 16.2 Å². The lowest BCUT2D eigenvalue weighted by Gasteiger charge is -2.22. The number of carbonyl (C=O) groups excluding carboxylic acids is 2. The first kappa shape index (κ1) is 14.4. The number of primary amides is 1. The second-order valence-corrected chi connectivity index (χ2v) is 7.17. The van der Waals surface area contributed by atoms with Crippen LogP contribution in [0.4, 0.5) is 4.79 Å². The average Bonchev–Trinajstić information content (AvgIpc) is 2.90. The van der Waals surface area contributed by atoms with E-state index >= 15 is 0 Å². The Morgan fingerprint density at radius 3 is 2.95 bits per heavy atom. The summed E-state index contributed by atoms with van der Waals surface area (Å²) in [6.45, 7) is 3.01. The van der Waals surface area contributed by atoms with Crippen molar-refractivity contribution in [1.29, 1.82) is 0 Å². The highest BCUT2D eigenvalue weighted by Crippen LogP contribution is 2.50. The van der Waals surface area contributed by atoms with Crippen LogP contribution in [-0.4, -0.2) is 36.1 Å². The SMILES string of the molecule is Cc1ccc([C@@H]2C[C@@H]2C(=O)OC[C@H]2CCCN2C(N)=O)s1. The summed E-state index contributed by atoms with van der Waals surface area (Å²) in [4.78, 5) is 27.5.